The van der Waals surface area contributed by atoms with Crippen LogP contribution in [0.4, 0.5) is 0 Å². The second-order valence-corrected chi connectivity index (χ2v) is 4.39. The van der Waals surface area contributed by atoms with Gasteiger partial charge in [-0.05, 0) is 32.6 Å². The van der Waals surface area contributed by atoms with E-state index in [0.29, 0.717) is 18.2 Å². The van der Waals surface area contributed by atoms with E-state index in [9.17, 15) is 0 Å². The van der Waals surface area contributed by atoms with Crippen molar-refractivity contribution in [2.75, 3.05) is 19.8 Å². The number of ether oxygens (including phenoxy) is 2. The van der Waals surface area contributed by atoms with Gasteiger partial charge >= 0.3 is 0 Å². The molecule has 2 heterocycles. The van der Waals surface area contributed by atoms with Gasteiger partial charge in [0.25, 0.3) is 0 Å². The summed E-state index contributed by atoms with van der Waals surface area (Å²) in [6.07, 6.45) is 5.19. The van der Waals surface area contributed by atoms with Gasteiger partial charge in [0, 0.05) is 31.9 Å². The molecule has 2 aliphatic heterocycles. The van der Waals surface area contributed by atoms with Crippen molar-refractivity contribution in [3.8, 4) is 0 Å². The van der Waals surface area contributed by atoms with E-state index in [1.54, 1.807) is 0 Å². The number of hydrogen-bond acceptors (Lipinski definition) is 3. The van der Waals surface area contributed by atoms with Gasteiger partial charge in [0.15, 0.2) is 0 Å². The minimum Gasteiger partial charge on any atom is -0.381 e. The molecule has 82 valence electrons. The highest BCUT2D eigenvalue weighted by molar-refractivity contribution is 4.81. The zero-order chi connectivity index (χ0) is 9.80. The summed E-state index contributed by atoms with van der Waals surface area (Å²) in [7, 11) is 0. The normalized spacial score (nSPS) is 31.9. The molecule has 0 spiro atoms. The van der Waals surface area contributed by atoms with Crippen LogP contribution in [0.5, 0.6) is 0 Å². The third-order valence-corrected chi connectivity index (χ3v) is 3.24. The third-order valence-electron chi connectivity index (χ3n) is 3.24. The van der Waals surface area contributed by atoms with Crippen LogP contribution in [0.2, 0.25) is 0 Å². The van der Waals surface area contributed by atoms with Crippen molar-refractivity contribution in [3.63, 3.8) is 0 Å². The molecule has 0 bridgehead atoms. The molecule has 3 heteroatoms. The lowest BCUT2D eigenvalue weighted by molar-refractivity contribution is 0.0516. The van der Waals surface area contributed by atoms with Gasteiger partial charge < -0.3 is 14.8 Å². The quantitative estimate of drug-likeness (QED) is 0.743. The van der Waals surface area contributed by atoms with Crippen LogP contribution >= 0.6 is 0 Å². The summed E-state index contributed by atoms with van der Waals surface area (Å²) in [5.74, 6) is 0. The van der Waals surface area contributed by atoms with Crippen molar-refractivity contribution >= 4 is 0 Å². The Kier molecular flexibility index (Phi) is 3.79. The summed E-state index contributed by atoms with van der Waals surface area (Å²) in [5.41, 5.74) is 0. The van der Waals surface area contributed by atoms with Crippen molar-refractivity contribution < 1.29 is 9.47 Å². The predicted octanol–water partition coefficient (Wildman–Crippen LogP) is 1.32. The van der Waals surface area contributed by atoms with Gasteiger partial charge in [0.1, 0.15) is 0 Å². The largest absolute Gasteiger partial charge is 0.381 e. The van der Waals surface area contributed by atoms with E-state index in [-0.39, 0.29) is 0 Å². The molecule has 0 aliphatic carbocycles. The average Bonchev–Trinajstić information content (AvgIpc) is 2.72. The van der Waals surface area contributed by atoms with Crippen LogP contribution in [-0.4, -0.2) is 38.0 Å². The van der Waals surface area contributed by atoms with Gasteiger partial charge in [0.2, 0.25) is 0 Å². The molecule has 0 aromatic heterocycles. The van der Waals surface area contributed by atoms with Gasteiger partial charge in [-0.2, -0.15) is 0 Å². The van der Waals surface area contributed by atoms with Crippen molar-refractivity contribution in [3.05, 3.63) is 0 Å². The first-order valence-electron chi connectivity index (χ1n) is 5.81. The van der Waals surface area contributed by atoms with E-state index < -0.39 is 0 Å². The van der Waals surface area contributed by atoms with E-state index in [4.69, 9.17) is 9.47 Å². The number of nitrogens with one attached hydrogen (secondary N) is 1. The first-order chi connectivity index (χ1) is 6.86. The van der Waals surface area contributed by atoms with Crippen LogP contribution in [0.1, 0.15) is 32.6 Å². The number of hydrogen-bond donors (Lipinski definition) is 1. The molecular weight excluding hydrogens is 178 g/mol. The predicted molar refractivity (Wildman–Crippen MR) is 55.4 cm³/mol. The fourth-order valence-electron chi connectivity index (χ4n) is 2.34. The molecule has 2 unspecified atom stereocenters. The fraction of sp³-hybridized carbons (Fsp3) is 1.00. The van der Waals surface area contributed by atoms with E-state index in [1.165, 1.54) is 12.8 Å². The summed E-state index contributed by atoms with van der Waals surface area (Å²) in [6.45, 7) is 5.02. The Morgan fingerprint density at radius 3 is 2.57 bits per heavy atom. The van der Waals surface area contributed by atoms with Gasteiger partial charge in [-0.1, -0.05) is 0 Å². The van der Waals surface area contributed by atoms with Gasteiger partial charge in [-0.25, -0.2) is 0 Å². The van der Waals surface area contributed by atoms with Gasteiger partial charge in [0.05, 0.1) is 6.10 Å². The maximum absolute atomic E-state index is 5.66. The van der Waals surface area contributed by atoms with Gasteiger partial charge in [-0.3, -0.25) is 0 Å². The molecule has 2 aliphatic rings. The summed E-state index contributed by atoms with van der Waals surface area (Å²) >= 11 is 0. The fourth-order valence-corrected chi connectivity index (χ4v) is 2.34. The lowest BCUT2D eigenvalue weighted by Gasteiger charge is -2.29. The minimum atomic E-state index is 0.442. The van der Waals surface area contributed by atoms with Crippen LogP contribution in [0.25, 0.3) is 0 Å². The van der Waals surface area contributed by atoms with Crippen molar-refractivity contribution in [1.29, 1.82) is 0 Å². The molecule has 0 aromatic carbocycles. The molecular formula is C11H21NO2. The van der Waals surface area contributed by atoms with Crippen molar-refractivity contribution in [1.82, 2.24) is 5.32 Å². The first kappa shape index (κ1) is 10.4. The van der Waals surface area contributed by atoms with Gasteiger partial charge in [-0.15, -0.1) is 0 Å². The molecule has 14 heavy (non-hydrogen) atoms. The summed E-state index contributed by atoms with van der Waals surface area (Å²) < 4.78 is 11.0. The standard InChI is InChI=1S/C11H21NO2/c1-9(11-3-2-6-14-11)12-10-4-7-13-8-5-10/h9-12H,2-8H2,1H3. The van der Waals surface area contributed by atoms with E-state index >= 15 is 0 Å². The summed E-state index contributed by atoms with van der Waals surface area (Å²) in [6, 6.07) is 1.14. The zero-order valence-electron chi connectivity index (χ0n) is 9.00. The average molecular weight is 199 g/mol. The van der Waals surface area contributed by atoms with Crippen molar-refractivity contribution in [2.45, 2.75) is 50.8 Å². The Labute approximate surface area is 86.2 Å². The molecule has 2 atom stereocenters. The molecule has 2 saturated heterocycles. The summed E-state index contributed by atoms with van der Waals surface area (Å²) in [4.78, 5) is 0. The van der Waals surface area contributed by atoms with Crippen LogP contribution in [0.15, 0.2) is 0 Å². The maximum atomic E-state index is 5.66. The molecule has 0 amide bonds. The summed E-state index contributed by atoms with van der Waals surface area (Å²) in [5, 5.41) is 3.66. The third kappa shape index (κ3) is 2.69. The Bertz CT molecular complexity index is 163. The van der Waals surface area contributed by atoms with Crippen LogP contribution in [-0.2, 0) is 9.47 Å². The van der Waals surface area contributed by atoms with Crippen molar-refractivity contribution in [2.24, 2.45) is 0 Å². The van der Waals surface area contributed by atoms with Crippen LogP contribution in [0.3, 0.4) is 0 Å². The molecule has 0 saturated carbocycles. The van der Waals surface area contributed by atoms with E-state index in [0.717, 1.165) is 32.7 Å². The topological polar surface area (TPSA) is 30.5 Å². The monoisotopic (exact) mass is 199 g/mol. The highest BCUT2D eigenvalue weighted by Crippen LogP contribution is 2.17. The lowest BCUT2D eigenvalue weighted by Crippen LogP contribution is -2.45. The Morgan fingerprint density at radius 1 is 1.14 bits per heavy atom. The Morgan fingerprint density at radius 2 is 1.93 bits per heavy atom. The molecule has 3 nitrogen and oxygen atoms in total. The second-order valence-electron chi connectivity index (χ2n) is 4.39. The molecule has 0 radical (unpaired) electrons. The second kappa shape index (κ2) is 5.10. The number of rotatable bonds is 3. The van der Waals surface area contributed by atoms with Crippen LogP contribution in [0, 0.1) is 0 Å². The highest BCUT2D eigenvalue weighted by atomic mass is 16.5. The zero-order valence-corrected chi connectivity index (χ0v) is 9.00. The molecule has 2 rings (SSSR count). The maximum Gasteiger partial charge on any atom is 0.0726 e. The Balaban J connectivity index is 1.72. The minimum absolute atomic E-state index is 0.442. The molecule has 0 aromatic rings. The first-order valence-corrected chi connectivity index (χ1v) is 5.81. The lowest BCUT2D eigenvalue weighted by atomic mass is 10.0. The van der Waals surface area contributed by atoms with Crippen LogP contribution < -0.4 is 5.32 Å². The molecule has 2 fully saturated rings. The smallest absolute Gasteiger partial charge is 0.0726 e. The van der Waals surface area contributed by atoms with E-state index in [1.807, 2.05) is 0 Å². The highest BCUT2D eigenvalue weighted by Gasteiger charge is 2.24. The molecule has 1 N–H and O–H groups in total. The Hall–Kier alpha value is -0.120. The SMILES string of the molecule is CC(NC1CCOCC1)C1CCCO1. The van der Waals surface area contributed by atoms with E-state index in [2.05, 4.69) is 12.2 Å².